The molecule has 0 aliphatic carbocycles. The number of hydrogen-bond donors (Lipinski definition) is 6. The van der Waals surface area contributed by atoms with Crippen LogP contribution in [0.3, 0.4) is 0 Å². The van der Waals surface area contributed by atoms with Gasteiger partial charge in [-0.2, -0.15) is 8.42 Å². The van der Waals surface area contributed by atoms with Crippen molar-refractivity contribution in [2.75, 3.05) is 19.6 Å². The number of carbonyl (C=O) groups is 4. The first kappa shape index (κ1) is 25.1. The molecule has 1 aromatic rings. The summed E-state index contributed by atoms with van der Waals surface area (Å²) in [7, 11) is -5.19. The molecule has 1 aromatic carbocycles. The SMILES string of the molecule is NN1CCN([C@]2(C(=O)O)CN3C(=O)[C@@H](NC(=O)C(c4cc(O)c(O)cc4Cl)S(=O)(=O)O)[C@H]3S2)C1=O. The number of β-lactam (4-membered cyclic amide) rings is 1. The van der Waals surface area contributed by atoms with Gasteiger partial charge in [-0.05, 0) is 6.07 Å². The van der Waals surface area contributed by atoms with Gasteiger partial charge in [-0.15, -0.1) is 0 Å². The van der Waals surface area contributed by atoms with Gasteiger partial charge in [-0.1, -0.05) is 23.4 Å². The highest BCUT2D eigenvalue weighted by Gasteiger charge is 2.66. The molecule has 3 heterocycles. The number of benzene rings is 1. The van der Waals surface area contributed by atoms with Crippen molar-refractivity contribution in [2.24, 2.45) is 5.84 Å². The van der Waals surface area contributed by atoms with E-state index in [2.05, 4.69) is 5.32 Å². The molecule has 35 heavy (non-hydrogen) atoms. The summed E-state index contributed by atoms with van der Waals surface area (Å²) in [5.41, 5.74) is -0.574. The lowest BCUT2D eigenvalue weighted by Gasteiger charge is -2.41. The number of thioether (sulfide) groups is 1. The summed E-state index contributed by atoms with van der Waals surface area (Å²) in [5.74, 6) is 0.454. The molecular formula is C17H18ClN5O10S2. The first-order valence-electron chi connectivity index (χ1n) is 9.72. The molecule has 0 bridgehead atoms. The van der Waals surface area contributed by atoms with E-state index < -0.39 is 84.1 Å². The van der Waals surface area contributed by atoms with E-state index in [9.17, 15) is 47.5 Å². The Bertz CT molecular complexity index is 1260. The fraction of sp³-hybridized carbons (Fsp3) is 0.412. The summed E-state index contributed by atoms with van der Waals surface area (Å²) in [6.07, 6.45) is 0. The van der Waals surface area contributed by atoms with Crippen LogP contribution in [0, 0.1) is 0 Å². The van der Waals surface area contributed by atoms with Gasteiger partial charge in [0.25, 0.3) is 10.1 Å². The van der Waals surface area contributed by atoms with Crippen LogP contribution in [0.1, 0.15) is 10.8 Å². The van der Waals surface area contributed by atoms with Crippen molar-refractivity contribution < 1.29 is 47.5 Å². The number of aromatic hydroxyl groups is 2. The number of carboxylic acid groups (broad SMARTS) is 1. The number of amides is 4. The van der Waals surface area contributed by atoms with Crippen LogP contribution in [0.5, 0.6) is 11.5 Å². The number of carbonyl (C=O) groups excluding carboxylic acids is 3. The number of hydrazine groups is 1. The molecule has 3 fully saturated rings. The summed E-state index contributed by atoms with van der Waals surface area (Å²) < 4.78 is 33.7. The molecule has 3 aliphatic heterocycles. The van der Waals surface area contributed by atoms with E-state index in [1.165, 1.54) is 0 Å². The zero-order valence-corrected chi connectivity index (χ0v) is 19.7. The van der Waals surface area contributed by atoms with Gasteiger partial charge in [-0.25, -0.2) is 15.4 Å². The van der Waals surface area contributed by atoms with Crippen LogP contribution in [0.4, 0.5) is 4.79 Å². The summed E-state index contributed by atoms with van der Waals surface area (Å²) in [4.78, 5) is 50.3. The average molecular weight is 552 g/mol. The van der Waals surface area contributed by atoms with E-state index in [-0.39, 0.29) is 13.1 Å². The Morgan fingerprint density at radius 3 is 2.40 bits per heavy atom. The number of urea groups is 1. The van der Waals surface area contributed by atoms with E-state index in [1.807, 2.05) is 0 Å². The predicted molar refractivity (Wildman–Crippen MR) is 117 cm³/mol. The molecule has 18 heteroatoms. The van der Waals surface area contributed by atoms with Crippen LogP contribution >= 0.6 is 23.4 Å². The third-order valence-electron chi connectivity index (χ3n) is 5.86. The van der Waals surface area contributed by atoms with Gasteiger partial charge in [0.1, 0.15) is 11.4 Å². The van der Waals surface area contributed by atoms with E-state index in [4.69, 9.17) is 17.4 Å². The second-order valence-corrected chi connectivity index (χ2v) is 11.2. The molecule has 3 aliphatic rings. The number of nitrogens with zero attached hydrogens (tertiary/aromatic N) is 3. The van der Waals surface area contributed by atoms with Crippen molar-refractivity contribution in [1.82, 2.24) is 20.1 Å². The third-order valence-corrected chi connectivity index (χ3v) is 8.94. The van der Waals surface area contributed by atoms with E-state index >= 15 is 0 Å². The predicted octanol–water partition coefficient (Wildman–Crippen LogP) is -1.53. The largest absolute Gasteiger partial charge is 0.504 e. The number of phenols is 2. The van der Waals surface area contributed by atoms with Crippen LogP contribution in [0.2, 0.25) is 5.02 Å². The number of hydrogen-bond acceptors (Lipinski definition) is 10. The minimum Gasteiger partial charge on any atom is -0.504 e. The Balaban J connectivity index is 1.60. The number of aliphatic carboxylic acids is 1. The number of halogens is 1. The number of phenolic OH excluding ortho intramolecular Hbond substituents is 2. The highest BCUT2D eigenvalue weighted by Crippen LogP contribution is 2.49. The fourth-order valence-electron chi connectivity index (χ4n) is 4.13. The Morgan fingerprint density at radius 2 is 1.86 bits per heavy atom. The van der Waals surface area contributed by atoms with E-state index in [0.29, 0.717) is 17.8 Å². The first-order chi connectivity index (χ1) is 16.2. The molecule has 4 rings (SSSR count). The van der Waals surface area contributed by atoms with Crippen LogP contribution in [-0.2, 0) is 24.5 Å². The van der Waals surface area contributed by atoms with Crippen molar-refractivity contribution in [3.63, 3.8) is 0 Å². The molecule has 0 aromatic heterocycles. The highest BCUT2D eigenvalue weighted by atomic mass is 35.5. The lowest BCUT2D eigenvalue weighted by atomic mass is 10.0. The van der Waals surface area contributed by atoms with Crippen LogP contribution in [0.25, 0.3) is 0 Å². The Morgan fingerprint density at radius 1 is 1.23 bits per heavy atom. The second kappa shape index (κ2) is 8.30. The Labute approximate surface area is 206 Å². The monoisotopic (exact) mass is 551 g/mol. The van der Waals surface area contributed by atoms with Gasteiger partial charge < -0.3 is 25.5 Å². The minimum atomic E-state index is -5.19. The smallest absolute Gasteiger partial charge is 0.342 e. The second-order valence-electron chi connectivity index (χ2n) is 7.94. The molecule has 3 saturated heterocycles. The third kappa shape index (κ3) is 3.88. The van der Waals surface area contributed by atoms with Crippen molar-refractivity contribution >= 4 is 57.3 Å². The number of rotatable bonds is 6. The van der Waals surface area contributed by atoms with Crippen molar-refractivity contribution in [3.8, 4) is 11.5 Å². The van der Waals surface area contributed by atoms with E-state index in [1.54, 1.807) is 0 Å². The lowest BCUT2D eigenvalue weighted by molar-refractivity contribution is -0.151. The first-order valence-corrected chi connectivity index (χ1v) is 12.5. The number of carboxylic acids is 1. The molecule has 1 unspecified atom stereocenters. The topological polar surface area (TPSA) is 231 Å². The van der Waals surface area contributed by atoms with E-state index in [0.717, 1.165) is 20.9 Å². The average Bonchev–Trinajstić information content (AvgIpc) is 3.28. The number of fused-ring (bicyclic) bond motifs is 1. The fourth-order valence-corrected chi connectivity index (χ4v) is 6.95. The Hall–Kier alpha value is -2.99. The maximum Gasteiger partial charge on any atom is 0.342 e. The van der Waals surface area contributed by atoms with Crippen molar-refractivity contribution in [1.29, 1.82) is 0 Å². The number of nitrogens with one attached hydrogen (secondary N) is 1. The van der Waals surface area contributed by atoms with Gasteiger partial charge in [0.15, 0.2) is 16.7 Å². The quantitative estimate of drug-likeness (QED) is 0.0777. The Kier molecular flexibility index (Phi) is 5.95. The summed E-state index contributed by atoms with van der Waals surface area (Å²) in [6.45, 7) is -0.362. The van der Waals surface area contributed by atoms with Crippen LogP contribution < -0.4 is 11.2 Å². The highest BCUT2D eigenvalue weighted by molar-refractivity contribution is 8.02. The van der Waals surface area contributed by atoms with Crippen LogP contribution in [-0.4, -0.2) is 103 Å². The molecule has 7 N–H and O–H groups in total. The zero-order chi connectivity index (χ0) is 26.0. The van der Waals surface area contributed by atoms with Gasteiger partial charge in [0.2, 0.25) is 16.7 Å². The molecule has 0 spiro atoms. The standard InChI is InChI=1S/C17H18ClN5O10S2/c18-7-4-9(25)8(24)3-6(7)11(35(31,32)33)12(26)20-10-13(27)21-5-17(15(28)29,34-14(10)21)22-1-2-23(19)16(22)30/h3-4,10-11,14,24-25H,1-2,5,19H2,(H,20,26)(H,28,29)(H,31,32,33)/t10-,11?,14-,17-/m1/s1. The molecule has 4 amide bonds. The van der Waals surface area contributed by atoms with Gasteiger partial charge in [-0.3, -0.25) is 24.1 Å². The normalized spacial score (nSPS) is 27.0. The zero-order valence-electron chi connectivity index (χ0n) is 17.4. The molecule has 4 atom stereocenters. The van der Waals surface area contributed by atoms with Gasteiger partial charge in [0, 0.05) is 23.2 Å². The van der Waals surface area contributed by atoms with Crippen molar-refractivity contribution in [2.45, 2.75) is 21.5 Å². The van der Waals surface area contributed by atoms with Gasteiger partial charge in [0.05, 0.1) is 13.1 Å². The summed E-state index contributed by atoms with van der Waals surface area (Å²) in [5, 5.41) is 28.3. The summed E-state index contributed by atoms with van der Waals surface area (Å²) in [6, 6.07) is -0.727. The molecule has 0 radical (unpaired) electrons. The molecule has 0 saturated carbocycles. The molecular weight excluding hydrogens is 534 g/mol. The number of nitrogens with two attached hydrogens (primary N) is 1. The minimum absolute atomic E-state index is 0.0198. The molecule has 190 valence electrons. The lowest BCUT2D eigenvalue weighted by Crippen LogP contribution is -2.68. The van der Waals surface area contributed by atoms with Crippen LogP contribution in [0.15, 0.2) is 12.1 Å². The molecule has 15 nitrogen and oxygen atoms in total. The maximum absolute atomic E-state index is 12.9. The summed E-state index contributed by atoms with van der Waals surface area (Å²) >= 11 is 6.59. The maximum atomic E-state index is 12.9. The van der Waals surface area contributed by atoms with Gasteiger partial charge >= 0.3 is 12.0 Å². The van der Waals surface area contributed by atoms with Crippen molar-refractivity contribution in [3.05, 3.63) is 22.7 Å².